The quantitative estimate of drug-likeness (QED) is 0.670. The molecule has 1 heterocycles. The molecule has 0 radical (unpaired) electrons. The molecule has 1 saturated heterocycles. The summed E-state index contributed by atoms with van der Waals surface area (Å²) in [4.78, 5) is 13.6. The van der Waals surface area contributed by atoms with Gasteiger partial charge < -0.3 is 9.64 Å². The largest absolute Gasteiger partial charge is 0.444 e. The lowest BCUT2D eigenvalue weighted by Gasteiger charge is -2.33. The maximum atomic E-state index is 11.8. The predicted octanol–water partition coefficient (Wildman–Crippen LogP) is 3.04. The molecule has 1 aliphatic heterocycles. The number of hydrogen-bond acceptors (Lipinski definition) is 2. The molecule has 1 amide bonds. The molecular weight excluding hydrogens is 190 g/mol. The molecular formula is C12H23NO2. The fourth-order valence-corrected chi connectivity index (χ4v) is 1.89. The van der Waals surface area contributed by atoms with Gasteiger partial charge in [0.05, 0.1) is 0 Å². The second-order valence-corrected chi connectivity index (χ2v) is 5.34. The van der Waals surface area contributed by atoms with Gasteiger partial charge >= 0.3 is 6.09 Å². The van der Waals surface area contributed by atoms with Gasteiger partial charge in [0.2, 0.25) is 0 Å². The topological polar surface area (TPSA) is 29.5 Å². The molecule has 0 aromatic heterocycles. The van der Waals surface area contributed by atoms with Crippen molar-refractivity contribution in [2.45, 2.75) is 52.6 Å². The van der Waals surface area contributed by atoms with E-state index in [-0.39, 0.29) is 11.7 Å². The summed E-state index contributed by atoms with van der Waals surface area (Å²) >= 11 is 0. The van der Waals surface area contributed by atoms with Gasteiger partial charge in [-0.15, -0.1) is 0 Å². The third-order valence-corrected chi connectivity index (χ3v) is 2.75. The number of carbonyl (C=O) groups excluding carboxylic acids is 1. The summed E-state index contributed by atoms with van der Waals surface area (Å²) in [5, 5.41) is 0. The van der Waals surface area contributed by atoms with Crippen LogP contribution in [0.2, 0.25) is 0 Å². The second-order valence-electron chi connectivity index (χ2n) is 5.34. The van der Waals surface area contributed by atoms with Gasteiger partial charge in [-0.3, -0.25) is 0 Å². The van der Waals surface area contributed by atoms with Crippen LogP contribution in [0.3, 0.4) is 0 Å². The summed E-state index contributed by atoms with van der Waals surface area (Å²) in [6.45, 7) is 9.63. The molecule has 0 spiro atoms. The van der Waals surface area contributed by atoms with Gasteiger partial charge in [0.1, 0.15) is 5.60 Å². The zero-order chi connectivity index (χ0) is 11.5. The second kappa shape index (κ2) is 4.86. The standard InChI is InChI=1S/C12H23NO2/c1-5-10-7-6-8-13(9-10)11(14)15-12(2,3)4/h10H,5-9H2,1-4H3. The van der Waals surface area contributed by atoms with Crippen LogP contribution in [-0.2, 0) is 4.74 Å². The molecule has 88 valence electrons. The lowest BCUT2D eigenvalue weighted by atomic mass is 9.96. The van der Waals surface area contributed by atoms with Gasteiger partial charge in [0.15, 0.2) is 0 Å². The average Bonchev–Trinajstić information content (AvgIpc) is 2.15. The number of hydrogen-bond donors (Lipinski definition) is 0. The first-order chi connectivity index (χ1) is 6.92. The van der Waals surface area contributed by atoms with Gasteiger partial charge in [-0.05, 0) is 39.5 Å². The predicted molar refractivity (Wildman–Crippen MR) is 60.8 cm³/mol. The van der Waals surface area contributed by atoms with Crippen LogP contribution < -0.4 is 0 Å². The number of ether oxygens (including phenoxy) is 1. The third-order valence-electron chi connectivity index (χ3n) is 2.75. The highest BCUT2D eigenvalue weighted by Crippen LogP contribution is 2.21. The molecule has 1 rings (SSSR count). The Morgan fingerprint density at radius 1 is 1.47 bits per heavy atom. The van der Waals surface area contributed by atoms with Crippen LogP contribution in [0.15, 0.2) is 0 Å². The van der Waals surface area contributed by atoms with E-state index in [9.17, 15) is 4.79 Å². The molecule has 1 fully saturated rings. The minimum atomic E-state index is -0.379. The third kappa shape index (κ3) is 4.10. The SMILES string of the molecule is CCC1CCCN(C(=O)OC(C)(C)C)C1. The van der Waals surface area contributed by atoms with Crippen molar-refractivity contribution >= 4 is 6.09 Å². The van der Waals surface area contributed by atoms with Crippen LogP contribution in [0.25, 0.3) is 0 Å². The molecule has 0 aliphatic carbocycles. The Bertz CT molecular complexity index is 220. The highest BCUT2D eigenvalue weighted by molar-refractivity contribution is 5.68. The molecule has 15 heavy (non-hydrogen) atoms. The first-order valence-corrected chi connectivity index (χ1v) is 5.90. The fourth-order valence-electron chi connectivity index (χ4n) is 1.89. The van der Waals surface area contributed by atoms with Crippen molar-refractivity contribution in [2.24, 2.45) is 5.92 Å². The van der Waals surface area contributed by atoms with E-state index in [1.807, 2.05) is 25.7 Å². The molecule has 0 saturated carbocycles. The molecule has 0 N–H and O–H groups in total. The smallest absolute Gasteiger partial charge is 0.410 e. The number of carbonyl (C=O) groups is 1. The summed E-state index contributed by atoms with van der Waals surface area (Å²) in [6.07, 6.45) is 3.35. The zero-order valence-electron chi connectivity index (χ0n) is 10.4. The fraction of sp³-hybridized carbons (Fsp3) is 0.917. The Morgan fingerprint density at radius 3 is 2.67 bits per heavy atom. The minimum Gasteiger partial charge on any atom is -0.444 e. The lowest BCUT2D eigenvalue weighted by molar-refractivity contribution is 0.0164. The normalized spacial score (nSPS) is 22.7. The van der Waals surface area contributed by atoms with E-state index in [4.69, 9.17) is 4.74 Å². The Labute approximate surface area is 92.8 Å². The summed E-state index contributed by atoms with van der Waals surface area (Å²) in [5.41, 5.74) is -0.379. The summed E-state index contributed by atoms with van der Waals surface area (Å²) in [6, 6.07) is 0. The Balaban J connectivity index is 2.45. The number of amides is 1. The molecule has 1 unspecified atom stereocenters. The van der Waals surface area contributed by atoms with Gasteiger partial charge in [0.25, 0.3) is 0 Å². The van der Waals surface area contributed by atoms with Crippen molar-refractivity contribution < 1.29 is 9.53 Å². The molecule has 3 heteroatoms. The Kier molecular flexibility index (Phi) is 4.00. The lowest BCUT2D eigenvalue weighted by Crippen LogP contribution is -2.42. The molecule has 1 aliphatic rings. The van der Waals surface area contributed by atoms with E-state index < -0.39 is 0 Å². The van der Waals surface area contributed by atoms with Crippen LogP contribution >= 0.6 is 0 Å². The van der Waals surface area contributed by atoms with Crippen LogP contribution in [0.5, 0.6) is 0 Å². The van der Waals surface area contributed by atoms with E-state index in [0.29, 0.717) is 5.92 Å². The molecule has 0 bridgehead atoms. The summed E-state index contributed by atoms with van der Waals surface area (Å²) < 4.78 is 5.36. The monoisotopic (exact) mass is 213 g/mol. The summed E-state index contributed by atoms with van der Waals surface area (Å²) in [7, 11) is 0. The molecule has 1 atom stereocenters. The maximum absolute atomic E-state index is 11.8. The van der Waals surface area contributed by atoms with Crippen LogP contribution in [0.4, 0.5) is 4.79 Å². The van der Waals surface area contributed by atoms with Crippen molar-refractivity contribution in [3.05, 3.63) is 0 Å². The van der Waals surface area contributed by atoms with Gasteiger partial charge in [0, 0.05) is 13.1 Å². The van der Waals surface area contributed by atoms with E-state index in [2.05, 4.69) is 6.92 Å². The zero-order valence-corrected chi connectivity index (χ0v) is 10.4. The van der Waals surface area contributed by atoms with Crippen molar-refractivity contribution in [3.8, 4) is 0 Å². The van der Waals surface area contributed by atoms with Crippen molar-refractivity contribution in [1.29, 1.82) is 0 Å². The highest BCUT2D eigenvalue weighted by Gasteiger charge is 2.26. The van der Waals surface area contributed by atoms with Crippen molar-refractivity contribution in [3.63, 3.8) is 0 Å². The van der Waals surface area contributed by atoms with E-state index in [1.54, 1.807) is 0 Å². The maximum Gasteiger partial charge on any atom is 0.410 e. The molecule has 3 nitrogen and oxygen atoms in total. The van der Waals surface area contributed by atoms with Gasteiger partial charge in [-0.25, -0.2) is 4.79 Å². The van der Waals surface area contributed by atoms with E-state index >= 15 is 0 Å². The highest BCUT2D eigenvalue weighted by atomic mass is 16.6. The van der Waals surface area contributed by atoms with Crippen LogP contribution in [-0.4, -0.2) is 29.7 Å². The van der Waals surface area contributed by atoms with E-state index in [1.165, 1.54) is 6.42 Å². The molecule has 0 aromatic rings. The van der Waals surface area contributed by atoms with Crippen molar-refractivity contribution in [1.82, 2.24) is 4.90 Å². The minimum absolute atomic E-state index is 0.152. The van der Waals surface area contributed by atoms with Gasteiger partial charge in [-0.2, -0.15) is 0 Å². The first kappa shape index (κ1) is 12.3. The van der Waals surface area contributed by atoms with Gasteiger partial charge in [-0.1, -0.05) is 13.3 Å². The number of rotatable bonds is 1. The Morgan fingerprint density at radius 2 is 2.13 bits per heavy atom. The summed E-state index contributed by atoms with van der Waals surface area (Å²) in [5.74, 6) is 0.659. The van der Waals surface area contributed by atoms with Crippen LogP contribution in [0, 0.1) is 5.92 Å². The Hall–Kier alpha value is -0.730. The average molecular weight is 213 g/mol. The first-order valence-electron chi connectivity index (χ1n) is 5.90. The van der Waals surface area contributed by atoms with Crippen LogP contribution in [0.1, 0.15) is 47.0 Å². The number of piperidine rings is 1. The van der Waals surface area contributed by atoms with E-state index in [0.717, 1.165) is 25.9 Å². The number of nitrogens with zero attached hydrogens (tertiary/aromatic N) is 1. The molecule has 0 aromatic carbocycles. The van der Waals surface area contributed by atoms with Crippen molar-refractivity contribution in [2.75, 3.05) is 13.1 Å². The number of likely N-dealkylation sites (tertiary alicyclic amines) is 1.